The van der Waals surface area contributed by atoms with Crippen molar-refractivity contribution in [2.75, 3.05) is 13.7 Å². The van der Waals surface area contributed by atoms with Gasteiger partial charge in [-0.3, -0.25) is 10.1 Å². The third kappa shape index (κ3) is 3.82. The molecule has 1 heterocycles. The van der Waals surface area contributed by atoms with Crippen LogP contribution < -0.4 is 5.32 Å². The van der Waals surface area contributed by atoms with Gasteiger partial charge in [-0.15, -0.1) is 6.42 Å². The maximum Gasteiger partial charge on any atom is 0.337 e. The predicted molar refractivity (Wildman–Crippen MR) is 96.2 cm³/mol. The molecule has 1 N–H and O–H groups in total. The Morgan fingerprint density at radius 1 is 1.33 bits per heavy atom. The summed E-state index contributed by atoms with van der Waals surface area (Å²) in [5.74, 6) is 0.0122. The number of nitro groups is 1. The lowest BCUT2D eigenvalue weighted by molar-refractivity contribution is -0.384. The first kappa shape index (κ1) is 19.7. The summed E-state index contributed by atoms with van der Waals surface area (Å²) in [7, 11) is 1.21. The van der Waals surface area contributed by atoms with Gasteiger partial charge in [0, 0.05) is 17.8 Å². The van der Waals surface area contributed by atoms with Gasteiger partial charge in [-0.2, -0.15) is 0 Å². The topological polar surface area (TPSA) is 108 Å². The zero-order chi connectivity index (χ0) is 20.1. The Hall–Kier alpha value is -3.60. The number of ether oxygens (including phenoxy) is 2. The summed E-state index contributed by atoms with van der Waals surface area (Å²) < 4.78 is 9.95. The summed E-state index contributed by atoms with van der Waals surface area (Å²) in [6.07, 6.45) is 5.54. The number of nitrogens with one attached hydrogen (secondary N) is 1. The maximum absolute atomic E-state index is 12.6. The van der Waals surface area contributed by atoms with Crippen molar-refractivity contribution in [2.45, 2.75) is 19.8 Å². The largest absolute Gasteiger partial charge is 0.466 e. The molecular formula is C19H18N2O6. The molecule has 0 saturated carbocycles. The molecule has 0 radical (unpaired) electrons. The molecule has 1 atom stereocenters. The fraction of sp³-hybridized carbons (Fsp3) is 0.263. The number of benzene rings is 1. The highest BCUT2D eigenvalue weighted by Gasteiger charge is 2.39. The lowest BCUT2D eigenvalue weighted by atomic mass is 9.80. The molecule has 8 heteroatoms. The van der Waals surface area contributed by atoms with Crippen LogP contribution in [-0.4, -0.2) is 30.6 Å². The van der Waals surface area contributed by atoms with Gasteiger partial charge in [0.05, 0.1) is 35.7 Å². The number of carbonyl (C=O) groups excluding carboxylic acids is 2. The van der Waals surface area contributed by atoms with E-state index in [2.05, 4.69) is 11.2 Å². The normalized spacial score (nSPS) is 16.3. The van der Waals surface area contributed by atoms with Gasteiger partial charge >= 0.3 is 11.9 Å². The Morgan fingerprint density at radius 3 is 2.59 bits per heavy atom. The van der Waals surface area contributed by atoms with Gasteiger partial charge in [-0.25, -0.2) is 9.59 Å². The highest BCUT2D eigenvalue weighted by atomic mass is 16.6. The highest BCUT2D eigenvalue weighted by Crippen LogP contribution is 2.40. The van der Waals surface area contributed by atoms with Gasteiger partial charge < -0.3 is 14.8 Å². The molecule has 1 aliphatic heterocycles. The standard InChI is InChI=1S/C19H18N2O6/c1-5-14-17(19(23)27-6-2)16(15(11(3)20-14)18(22)26-4)12-8-7-9-13(10-12)21(24)25/h1,7-10,16,20H,6H2,2-4H3. The van der Waals surface area contributed by atoms with Gasteiger partial charge in [-0.05, 0) is 19.4 Å². The van der Waals surface area contributed by atoms with E-state index in [-0.39, 0.29) is 29.1 Å². The number of terminal acetylenes is 1. The minimum atomic E-state index is -0.969. The zero-order valence-electron chi connectivity index (χ0n) is 15.1. The van der Waals surface area contributed by atoms with Crippen LogP contribution >= 0.6 is 0 Å². The number of hydrogen-bond acceptors (Lipinski definition) is 7. The summed E-state index contributed by atoms with van der Waals surface area (Å²) in [6.45, 7) is 3.34. The molecule has 27 heavy (non-hydrogen) atoms. The number of methoxy groups -OCH3 is 1. The van der Waals surface area contributed by atoms with Crippen molar-refractivity contribution in [3.05, 3.63) is 62.5 Å². The van der Waals surface area contributed by atoms with Crippen LogP contribution in [0.15, 0.2) is 46.8 Å². The molecule has 1 unspecified atom stereocenters. The van der Waals surface area contributed by atoms with Crippen LogP contribution in [0.25, 0.3) is 0 Å². The SMILES string of the molecule is C#CC1=C(C(=O)OCC)C(c2cccc([N+](=O)[O-])c2)C(C(=O)OC)=C(C)N1. The van der Waals surface area contributed by atoms with Crippen molar-refractivity contribution >= 4 is 17.6 Å². The van der Waals surface area contributed by atoms with Crippen molar-refractivity contribution in [3.63, 3.8) is 0 Å². The van der Waals surface area contributed by atoms with E-state index in [0.717, 1.165) is 0 Å². The Bertz CT molecular complexity index is 907. The summed E-state index contributed by atoms with van der Waals surface area (Å²) >= 11 is 0. The molecule has 0 aliphatic carbocycles. The van der Waals surface area contributed by atoms with E-state index in [4.69, 9.17) is 15.9 Å². The van der Waals surface area contributed by atoms with Crippen LogP contribution in [-0.2, 0) is 19.1 Å². The second-order valence-corrected chi connectivity index (χ2v) is 5.59. The molecule has 140 valence electrons. The Balaban J connectivity index is 2.77. The molecule has 0 spiro atoms. The van der Waals surface area contributed by atoms with Gasteiger partial charge in [0.15, 0.2) is 0 Å². The Morgan fingerprint density at radius 2 is 2.04 bits per heavy atom. The molecule has 0 amide bonds. The van der Waals surface area contributed by atoms with Gasteiger partial charge in [0.25, 0.3) is 5.69 Å². The average Bonchev–Trinajstić information content (AvgIpc) is 2.66. The number of hydrogen-bond donors (Lipinski definition) is 1. The Labute approximate surface area is 156 Å². The van der Waals surface area contributed by atoms with Crippen LogP contribution in [0.3, 0.4) is 0 Å². The molecule has 0 fully saturated rings. The van der Waals surface area contributed by atoms with Crippen molar-refractivity contribution in [2.24, 2.45) is 0 Å². The quantitative estimate of drug-likeness (QED) is 0.366. The van der Waals surface area contributed by atoms with E-state index in [1.54, 1.807) is 19.9 Å². The van der Waals surface area contributed by atoms with Gasteiger partial charge in [0.1, 0.15) is 5.70 Å². The van der Waals surface area contributed by atoms with Crippen LogP contribution in [0.4, 0.5) is 5.69 Å². The smallest absolute Gasteiger partial charge is 0.337 e. The minimum absolute atomic E-state index is 0.0193. The van der Waals surface area contributed by atoms with E-state index in [1.807, 2.05) is 0 Å². The molecule has 8 nitrogen and oxygen atoms in total. The van der Waals surface area contributed by atoms with Crippen LogP contribution in [0.1, 0.15) is 25.3 Å². The summed E-state index contributed by atoms with van der Waals surface area (Å²) in [4.78, 5) is 35.6. The first-order valence-corrected chi connectivity index (χ1v) is 8.04. The molecule has 2 rings (SSSR count). The van der Waals surface area contributed by atoms with Crippen LogP contribution in [0.5, 0.6) is 0 Å². The van der Waals surface area contributed by atoms with Crippen LogP contribution in [0, 0.1) is 22.5 Å². The van der Waals surface area contributed by atoms with Crippen molar-refractivity contribution in [1.82, 2.24) is 5.32 Å². The number of allylic oxidation sites excluding steroid dienone is 2. The lowest BCUT2D eigenvalue weighted by Crippen LogP contribution is -2.32. The van der Waals surface area contributed by atoms with E-state index >= 15 is 0 Å². The first-order chi connectivity index (χ1) is 12.8. The highest BCUT2D eigenvalue weighted by molar-refractivity contribution is 6.00. The molecule has 1 aromatic rings. The van der Waals surface area contributed by atoms with Crippen molar-refractivity contribution in [3.8, 4) is 12.3 Å². The third-order valence-corrected chi connectivity index (χ3v) is 4.02. The zero-order valence-corrected chi connectivity index (χ0v) is 15.1. The minimum Gasteiger partial charge on any atom is -0.466 e. The number of rotatable bonds is 5. The third-order valence-electron chi connectivity index (χ3n) is 4.02. The number of nitro benzene ring substituents is 1. The van der Waals surface area contributed by atoms with Crippen LogP contribution in [0.2, 0.25) is 0 Å². The fourth-order valence-electron chi connectivity index (χ4n) is 2.90. The molecular weight excluding hydrogens is 352 g/mol. The molecule has 1 aliphatic rings. The predicted octanol–water partition coefficient (Wildman–Crippen LogP) is 2.18. The second kappa shape index (κ2) is 8.19. The number of esters is 2. The van der Waals surface area contributed by atoms with E-state index < -0.39 is 22.8 Å². The van der Waals surface area contributed by atoms with Crippen molar-refractivity contribution in [1.29, 1.82) is 0 Å². The fourth-order valence-corrected chi connectivity index (χ4v) is 2.90. The van der Waals surface area contributed by atoms with E-state index in [1.165, 1.54) is 25.3 Å². The number of nitrogens with zero attached hydrogens (tertiary/aromatic N) is 1. The van der Waals surface area contributed by atoms with E-state index in [9.17, 15) is 19.7 Å². The maximum atomic E-state index is 12.6. The summed E-state index contributed by atoms with van der Waals surface area (Å²) in [5, 5.41) is 14.0. The molecule has 1 aromatic carbocycles. The number of carbonyl (C=O) groups is 2. The van der Waals surface area contributed by atoms with Gasteiger partial charge in [-0.1, -0.05) is 18.1 Å². The second-order valence-electron chi connectivity index (χ2n) is 5.59. The monoisotopic (exact) mass is 370 g/mol. The molecule has 0 aromatic heterocycles. The first-order valence-electron chi connectivity index (χ1n) is 8.04. The average molecular weight is 370 g/mol. The summed E-state index contributed by atoms with van der Waals surface area (Å²) in [6, 6.07) is 5.65. The molecule has 0 bridgehead atoms. The number of non-ortho nitro benzene ring substituents is 1. The summed E-state index contributed by atoms with van der Waals surface area (Å²) in [5.41, 5.74) is 0.833. The van der Waals surface area contributed by atoms with E-state index in [0.29, 0.717) is 11.3 Å². The Kier molecular flexibility index (Phi) is 5.98. The van der Waals surface area contributed by atoms with Crippen molar-refractivity contribution < 1.29 is 24.0 Å². The molecule has 0 saturated heterocycles. The van der Waals surface area contributed by atoms with Gasteiger partial charge in [0.2, 0.25) is 0 Å². The number of dihydropyridines is 1. The lowest BCUT2D eigenvalue weighted by Gasteiger charge is -2.29.